The summed E-state index contributed by atoms with van der Waals surface area (Å²) < 4.78 is 5.17. The van der Waals surface area contributed by atoms with E-state index < -0.39 is 12.1 Å². The molecule has 0 fully saturated rings. The highest BCUT2D eigenvalue weighted by atomic mass is 16.5. The van der Waals surface area contributed by atoms with Gasteiger partial charge in [0.2, 0.25) is 5.78 Å². The van der Waals surface area contributed by atoms with Gasteiger partial charge in [-0.15, -0.1) is 0 Å². The Labute approximate surface area is 129 Å². The van der Waals surface area contributed by atoms with Gasteiger partial charge in [-0.1, -0.05) is 12.1 Å². The summed E-state index contributed by atoms with van der Waals surface area (Å²) in [5.41, 5.74) is 3.45. The molecule has 0 aliphatic rings. The van der Waals surface area contributed by atoms with E-state index in [1.54, 1.807) is 26.0 Å². The second-order valence-electron chi connectivity index (χ2n) is 5.25. The SMILES string of the molecule is Cc1cnc(C(=O)O[C@@H](C)C(=O)c2ccc(C)c(C)c2)cn1. The molecule has 0 unspecified atom stereocenters. The Hall–Kier alpha value is -2.56. The zero-order valence-corrected chi connectivity index (χ0v) is 13.1. The second-order valence-corrected chi connectivity index (χ2v) is 5.25. The highest BCUT2D eigenvalue weighted by Gasteiger charge is 2.21. The molecule has 0 bridgehead atoms. The summed E-state index contributed by atoms with van der Waals surface area (Å²) in [6.45, 7) is 7.23. The number of aromatic nitrogens is 2. The van der Waals surface area contributed by atoms with E-state index in [0.717, 1.165) is 11.1 Å². The molecule has 0 N–H and O–H groups in total. The van der Waals surface area contributed by atoms with Gasteiger partial charge in [0.25, 0.3) is 0 Å². The lowest BCUT2D eigenvalue weighted by atomic mass is 10.0. The summed E-state index contributed by atoms with van der Waals surface area (Å²) in [6.07, 6.45) is 1.94. The van der Waals surface area contributed by atoms with Crippen molar-refractivity contribution in [1.82, 2.24) is 9.97 Å². The largest absolute Gasteiger partial charge is 0.449 e. The van der Waals surface area contributed by atoms with Gasteiger partial charge in [-0.3, -0.25) is 9.78 Å². The van der Waals surface area contributed by atoms with Crippen molar-refractivity contribution in [2.75, 3.05) is 0 Å². The molecule has 2 aromatic rings. The summed E-state index contributed by atoms with van der Waals surface area (Å²) in [6, 6.07) is 5.41. The van der Waals surface area contributed by atoms with Crippen LogP contribution in [-0.2, 0) is 4.74 Å². The number of benzene rings is 1. The molecule has 0 aliphatic carbocycles. The predicted molar refractivity (Wildman–Crippen MR) is 81.9 cm³/mol. The Kier molecular flexibility index (Phi) is 4.65. The number of rotatable bonds is 4. The van der Waals surface area contributed by atoms with E-state index in [-0.39, 0.29) is 11.5 Å². The van der Waals surface area contributed by atoms with Gasteiger partial charge in [0, 0.05) is 11.8 Å². The van der Waals surface area contributed by atoms with Gasteiger partial charge in [-0.05, 0) is 44.9 Å². The molecule has 0 saturated heterocycles. The first-order valence-electron chi connectivity index (χ1n) is 6.99. The molecule has 0 saturated carbocycles. The molecule has 1 atom stereocenters. The summed E-state index contributed by atoms with van der Waals surface area (Å²) in [5.74, 6) is -0.895. The molecule has 0 spiro atoms. The highest BCUT2D eigenvalue weighted by Crippen LogP contribution is 2.13. The van der Waals surface area contributed by atoms with Crippen molar-refractivity contribution in [3.05, 3.63) is 58.7 Å². The molecule has 22 heavy (non-hydrogen) atoms. The summed E-state index contributed by atoms with van der Waals surface area (Å²) in [5, 5.41) is 0. The fourth-order valence-corrected chi connectivity index (χ4v) is 1.90. The summed E-state index contributed by atoms with van der Waals surface area (Å²) >= 11 is 0. The molecule has 114 valence electrons. The maximum Gasteiger partial charge on any atom is 0.359 e. The fraction of sp³-hybridized carbons (Fsp3) is 0.294. The van der Waals surface area contributed by atoms with Crippen molar-refractivity contribution in [2.45, 2.75) is 33.8 Å². The van der Waals surface area contributed by atoms with Gasteiger partial charge in [-0.25, -0.2) is 9.78 Å². The fourth-order valence-electron chi connectivity index (χ4n) is 1.90. The van der Waals surface area contributed by atoms with Crippen LogP contribution in [0.2, 0.25) is 0 Å². The van der Waals surface area contributed by atoms with Gasteiger partial charge in [0.15, 0.2) is 11.8 Å². The molecular formula is C17H18N2O3. The molecule has 0 radical (unpaired) electrons. The van der Waals surface area contributed by atoms with Crippen LogP contribution in [0.25, 0.3) is 0 Å². The van der Waals surface area contributed by atoms with E-state index in [1.807, 2.05) is 19.9 Å². The predicted octanol–water partition coefficient (Wildman–Crippen LogP) is 2.83. The van der Waals surface area contributed by atoms with Crippen LogP contribution in [0.5, 0.6) is 0 Å². The Morgan fingerprint density at radius 1 is 1.05 bits per heavy atom. The minimum absolute atomic E-state index is 0.0883. The van der Waals surface area contributed by atoms with Crippen molar-refractivity contribution < 1.29 is 14.3 Å². The van der Waals surface area contributed by atoms with Gasteiger partial charge < -0.3 is 4.74 Å². The van der Waals surface area contributed by atoms with E-state index in [2.05, 4.69) is 9.97 Å². The Morgan fingerprint density at radius 2 is 1.77 bits per heavy atom. The van der Waals surface area contributed by atoms with Gasteiger partial charge in [0.1, 0.15) is 0 Å². The molecule has 1 aromatic heterocycles. The number of esters is 1. The lowest BCUT2D eigenvalue weighted by Gasteiger charge is -2.12. The highest BCUT2D eigenvalue weighted by molar-refractivity contribution is 6.01. The van der Waals surface area contributed by atoms with Crippen molar-refractivity contribution in [3.8, 4) is 0 Å². The van der Waals surface area contributed by atoms with Crippen LogP contribution in [-0.4, -0.2) is 27.8 Å². The first-order valence-corrected chi connectivity index (χ1v) is 6.99. The molecule has 5 heteroatoms. The molecule has 1 heterocycles. The maximum atomic E-state index is 12.3. The van der Waals surface area contributed by atoms with Crippen LogP contribution in [0, 0.1) is 20.8 Å². The van der Waals surface area contributed by atoms with Crippen molar-refractivity contribution in [3.63, 3.8) is 0 Å². The average Bonchev–Trinajstić information content (AvgIpc) is 2.49. The molecule has 0 aliphatic heterocycles. The average molecular weight is 298 g/mol. The first-order chi connectivity index (χ1) is 10.4. The third-order valence-electron chi connectivity index (χ3n) is 3.43. The first kappa shape index (κ1) is 15.8. The van der Waals surface area contributed by atoms with E-state index in [4.69, 9.17) is 4.74 Å². The van der Waals surface area contributed by atoms with Crippen molar-refractivity contribution in [1.29, 1.82) is 0 Å². The van der Waals surface area contributed by atoms with Crippen LogP contribution in [0.3, 0.4) is 0 Å². The quantitative estimate of drug-likeness (QED) is 0.641. The Bertz CT molecular complexity index is 708. The zero-order valence-electron chi connectivity index (χ0n) is 13.1. The van der Waals surface area contributed by atoms with Gasteiger partial charge in [0.05, 0.1) is 11.9 Å². The summed E-state index contributed by atoms with van der Waals surface area (Å²) in [7, 11) is 0. The van der Waals surface area contributed by atoms with E-state index in [0.29, 0.717) is 11.3 Å². The van der Waals surface area contributed by atoms with Crippen molar-refractivity contribution in [2.24, 2.45) is 0 Å². The lowest BCUT2D eigenvalue weighted by molar-refractivity contribution is 0.0312. The number of ether oxygens (including phenoxy) is 1. The van der Waals surface area contributed by atoms with Crippen LogP contribution < -0.4 is 0 Å². The minimum Gasteiger partial charge on any atom is -0.449 e. The molecule has 2 rings (SSSR count). The van der Waals surface area contributed by atoms with Crippen LogP contribution >= 0.6 is 0 Å². The third-order valence-corrected chi connectivity index (χ3v) is 3.43. The molecule has 5 nitrogen and oxygen atoms in total. The number of hydrogen-bond donors (Lipinski definition) is 0. The van der Waals surface area contributed by atoms with Gasteiger partial charge in [-0.2, -0.15) is 0 Å². The Morgan fingerprint density at radius 3 is 2.36 bits per heavy atom. The number of nitrogens with zero attached hydrogens (tertiary/aromatic N) is 2. The zero-order chi connectivity index (χ0) is 16.3. The number of hydrogen-bond acceptors (Lipinski definition) is 5. The third kappa shape index (κ3) is 3.55. The van der Waals surface area contributed by atoms with E-state index >= 15 is 0 Å². The number of Topliss-reactive ketones (excluding diaryl/α,β-unsaturated/α-hetero) is 1. The van der Waals surface area contributed by atoms with Crippen molar-refractivity contribution >= 4 is 11.8 Å². The normalized spacial score (nSPS) is 11.8. The number of carbonyl (C=O) groups excluding carboxylic acids is 2. The summed E-state index contributed by atoms with van der Waals surface area (Å²) in [4.78, 5) is 32.2. The monoisotopic (exact) mass is 298 g/mol. The van der Waals surface area contributed by atoms with E-state index in [1.165, 1.54) is 12.4 Å². The number of aryl methyl sites for hydroxylation is 3. The standard InChI is InChI=1S/C17H18N2O3/c1-10-5-6-14(7-11(10)2)16(20)13(4)22-17(21)15-9-18-12(3)8-19-15/h5-9,13H,1-4H3/t13-/m0/s1. The smallest absolute Gasteiger partial charge is 0.359 e. The van der Waals surface area contributed by atoms with Crippen LogP contribution in [0.1, 0.15) is 44.6 Å². The maximum absolute atomic E-state index is 12.3. The number of carbonyl (C=O) groups is 2. The van der Waals surface area contributed by atoms with Crippen LogP contribution in [0.15, 0.2) is 30.6 Å². The van der Waals surface area contributed by atoms with Gasteiger partial charge >= 0.3 is 5.97 Å². The van der Waals surface area contributed by atoms with E-state index in [9.17, 15) is 9.59 Å². The second kappa shape index (κ2) is 6.47. The molecule has 0 amide bonds. The number of ketones is 1. The minimum atomic E-state index is -0.877. The molecular weight excluding hydrogens is 280 g/mol. The molecule has 1 aromatic carbocycles. The van der Waals surface area contributed by atoms with Crippen LogP contribution in [0.4, 0.5) is 0 Å². The lowest BCUT2D eigenvalue weighted by Crippen LogP contribution is -2.25. The Balaban J connectivity index is 2.09. The topological polar surface area (TPSA) is 69.2 Å².